The Bertz CT molecular complexity index is 432. The zero-order chi connectivity index (χ0) is 14.5. The van der Waals surface area contributed by atoms with Crippen molar-refractivity contribution >= 4 is 18.3 Å². The molecule has 1 fully saturated rings. The number of nitrogens with two attached hydrogens (primary N) is 1. The van der Waals surface area contributed by atoms with Gasteiger partial charge in [-0.25, -0.2) is 0 Å². The number of halogens is 1. The molecular formula is C17H27ClN2O. The van der Waals surface area contributed by atoms with Crippen LogP contribution in [0.4, 0.5) is 0 Å². The van der Waals surface area contributed by atoms with Gasteiger partial charge < -0.3 is 10.6 Å². The topological polar surface area (TPSA) is 46.3 Å². The number of carbonyl (C=O) groups excluding carboxylic acids is 1. The van der Waals surface area contributed by atoms with E-state index in [1.54, 1.807) is 0 Å². The van der Waals surface area contributed by atoms with E-state index in [-0.39, 0.29) is 30.3 Å². The Morgan fingerprint density at radius 1 is 1.29 bits per heavy atom. The van der Waals surface area contributed by atoms with Crippen LogP contribution in [0.15, 0.2) is 30.3 Å². The van der Waals surface area contributed by atoms with Crippen molar-refractivity contribution in [2.75, 3.05) is 13.6 Å². The van der Waals surface area contributed by atoms with Crippen molar-refractivity contribution in [1.82, 2.24) is 4.90 Å². The van der Waals surface area contributed by atoms with Crippen molar-refractivity contribution in [3.63, 3.8) is 0 Å². The van der Waals surface area contributed by atoms with E-state index < -0.39 is 0 Å². The summed E-state index contributed by atoms with van der Waals surface area (Å²) in [5.74, 6) is 0.668. The maximum Gasteiger partial charge on any atom is 0.227 e. The maximum absolute atomic E-state index is 12.5. The first kappa shape index (κ1) is 18.0. The summed E-state index contributed by atoms with van der Waals surface area (Å²) in [5.41, 5.74) is 7.27. The SMILES string of the molecule is CC(C(=O)N(C)CC1CCCC1)C(N)c1ccccc1.Cl. The summed E-state index contributed by atoms with van der Waals surface area (Å²) >= 11 is 0. The smallest absolute Gasteiger partial charge is 0.227 e. The van der Waals surface area contributed by atoms with Crippen LogP contribution in [-0.2, 0) is 4.79 Å². The second kappa shape index (κ2) is 8.40. The van der Waals surface area contributed by atoms with Crippen LogP contribution < -0.4 is 5.73 Å². The van der Waals surface area contributed by atoms with Crippen molar-refractivity contribution in [3.8, 4) is 0 Å². The lowest BCUT2D eigenvalue weighted by Gasteiger charge is -2.27. The zero-order valence-corrected chi connectivity index (χ0v) is 13.8. The highest BCUT2D eigenvalue weighted by molar-refractivity contribution is 5.85. The molecule has 0 heterocycles. The molecule has 1 saturated carbocycles. The van der Waals surface area contributed by atoms with Gasteiger partial charge in [0.15, 0.2) is 0 Å². The standard InChI is InChI=1S/C17H26N2O.ClH/c1-13(16(18)15-10-4-3-5-11-15)17(20)19(2)12-14-8-6-7-9-14;/h3-5,10-11,13-14,16H,6-9,12,18H2,1-2H3;1H. The Balaban J connectivity index is 0.00000220. The normalized spacial score (nSPS) is 17.9. The first-order valence-electron chi connectivity index (χ1n) is 7.65. The van der Waals surface area contributed by atoms with Crippen LogP contribution in [0.3, 0.4) is 0 Å². The fourth-order valence-electron chi connectivity index (χ4n) is 3.14. The molecule has 3 nitrogen and oxygen atoms in total. The molecule has 2 atom stereocenters. The quantitative estimate of drug-likeness (QED) is 0.906. The highest BCUT2D eigenvalue weighted by atomic mass is 35.5. The molecule has 4 heteroatoms. The average molecular weight is 311 g/mol. The van der Waals surface area contributed by atoms with E-state index in [1.807, 2.05) is 49.2 Å². The highest BCUT2D eigenvalue weighted by Gasteiger charge is 2.27. The summed E-state index contributed by atoms with van der Waals surface area (Å²) in [6.07, 6.45) is 5.14. The first-order chi connectivity index (χ1) is 9.59. The molecule has 0 bridgehead atoms. The predicted molar refractivity (Wildman–Crippen MR) is 89.4 cm³/mol. The number of hydrogen-bond donors (Lipinski definition) is 1. The minimum absolute atomic E-state index is 0. The summed E-state index contributed by atoms with van der Waals surface area (Å²) in [7, 11) is 1.91. The van der Waals surface area contributed by atoms with Gasteiger partial charge in [0.1, 0.15) is 0 Å². The zero-order valence-electron chi connectivity index (χ0n) is 13.0. The Morgan fingerprint density at radius 3 is 2.43 bits per heavy atom. The molecule has 1 amide bonds. The largest absolute Gasteiger partial charge is 0.345 e. The molecule has 0 saturated heterocycles. The third-order valence-corrected chi connectivity index (χ3v) is 4.50. The van der Waals surface area contributed by atoms with E-state index in [4.69, 9.17) is 5.73 Å². The summed E-state index contributed by atoms with van der Waals surface area (Å²) < 4.78 is 0. The Hall–Kier alpha value is -1.06. The fourth-order valence-corrected chi connectivity index (χ4v) is 3.14. The van der Waals surface area contributed by atoms with Gasteiger partial charge in [-0.05, 0) is 24.3 Å². The molecule has 1 aliphatic rings. The molecule has 2 unspecified atom stereocenters. The summed E-state index contributed by atoms with van der Waals surface area (Å²) in [6, 6.07) is 9.66. The van der Waals surface area contributed by atoms with Crippen LogP contribution in [0, 0.1) is 11.8 Å². The van der Waals surface area contributed by atoms with Gasteiger partial charge in [-0.2, -0.15) is 0 Å². The first-order valence-corrected chi connectivity index (χ1v) is 7.65. The van der Waals surface area contributed by atoms with Crippen LogP contribution in [0.25, 0.3) is 0 Å². The number of amides is 1. The van der Waals surface area contributed by atoms with Crippen LogP contribution in [0.2, 0.25) is 0 Å². The monoisotopic (exact) mass is 310 g/mol. The van der Waals surface area contributed by atoms with Crippen LogP contribution >= 0.6 is 12.4 Å². The van der Waals surface area contributed by atoms with Crippen LogP contribution in [-0.4, -0.2) is 24.4 Å². The molecule has 1 aromatic carbocycles. The lowest BCUT2D eigenvalue weighted by atomic mass is 9.94. The number of benzene rings is 1. The van der Waals surface area contributed by atoms with Crippen molar-refractivity contribution in [2.24, 2.45) is 17.6 Å². The number of rotatable bonds is 5. The number of nitrogens with zero attached hydrogens (tertiary/aromatic N) is 1. The summed E-state index contributed by atoms with van der Waals surface area (Å²) in [5, 5.41) is 0. The van der Waals surface area contributed by atoms with E-state index >= 15 is 0 Å². The summed E-state index contributed by atoms with van der Waals surface area (Å²) in [6.45, 7) is 2.82. The minimum atomic E-state index is -0.227. The van der Waals surface area contributed by atoms with Crippen molar-refractivity contribution in [3.05, 3.63) is 35.9 Å². The second-order valence-corrected chi connectivity index (χ2v) is 6.09. The van der Waals surface area contributed by atoms with Gasteiger partial charge in [-0.1, -0.05) is 50.1 Å². The van der Waals surface area contributed by atoms with E-state index in [0.29, 0.717) is 5.92 Å². The van der Waals surface area contributed by atoms with Gasteiger partial charge in [0.2, 0.25) is 5.91 Å². The molecule has 1 aliphatic carbocycles. The molecule has 1 aromatic rings. The van der Waals surface area contributed by atoms with Gasteiger partial charge in [0.25, 0.3) is 0 Å². The lowest BCUT2D eigenvalue weighted by Crippen LogP contribution is -2.39. The molecule has 0 aliphatic heterocycles. The highest BCUT2D eigenvalue weighted by Crippen LogP contribution is 2.26. The Morgan fingerprint density at radius 2 is 1.86 bits per heavy atom. The van der Waals surface area contributed by atoms with Gasteiger partial charge >= 0.3 is 0 Å². The summed E-state index contributed by atoms with van der Waals surface area (Å²) in [4.78, 5) is 14.4. The lowest BCUT2D eigenvalue weighted by molar-refractivity contribution is -0.134. The predicted octanol–water partition coefficient (Wildman–Crippen LogP) is 3.39. The van der Waals surface area contributed by atoms with Crippen molar-refractivity contribution in [1.29, 1.82) is 0 Å². The fraction of sp³-hybridized carbons (Fsp3) is 0.588. The third-order valence-electron chi connectivity index (χ3n) is 4.50. The molecule has 2 rings (SSSR count). The maximum atomic E-state index is 12.5. The number of hydrogen-bond acceptors (Lipinski definition) is 2. The molecule has 21 heavy (non-hydrogen) atoms. The molecule has 118 valence electrons. The second-order valence-electron chi connectivity index (χ2n) is 6.09. The van der Waals surface area contributed by atoms with Gasteiger partial charge in [0.05, 0.1) is 5.92 Å². The Labute approximate surface area is 134 Å². The molecule has 0 spiro atoms. The molecular weight excluding hydrogens is 284 g/mol. The van der Waals surface area contributed by atoms with Crippen LogP contribution in [0.1, 0.15) is 44.2 Å². The van der Waals surface area contributed by atoms with Crippen molar-refractivity contribution < 1.29 is 4.79 Å². The van der Waals surface area contributed by atoms with Gasteiger partial charge in [-0.15, -0.1) is 12.4 Å². The van der Waals surface area contributed by atoms with E-state index in [0.717, 1.165) is 12.1 Å². The molecule has 0 aromatic heterocycles. The van der Waals surface area contributed by atoms with E-state index in [1.165, 1.54) is 25.7 Å². The van der Waals surface area contributed by atoms with Gasteiger partial charge in [0, 0.05) is 19.6 Å². The Kier molecular flexibility index (Phi) is 7.20. The molecule has 2 N–H and O–H groups in total. The van der Waals surface area contributed by atoms with Crippen molar-refractivity contribution in [2.45, 2.75) is 38.6 Å². The van der Waals surface area contributed by atoms with E-state index in [2.05, 4.69) is 0 Å². The number of carbonyl (C=O) groups is 1. The minimum Gasteiger partial charge on any atom is -0.345 e. The van der Waals surface area contributed by atoms with Crippen LogP contribution in [0.5, 0.6) is 0 Å². The average Bonchev–Trinajstić information content (AvgIpc) is 2.98. The van der Waals surface area contributed by atoms with Gasteiger partial charge in [-0.3, -0.25) is 4.79 Å². The molecule has 0 radical (unpaired) electrons. The van der Waals surface area contributed by atoms with E-state index in [9.17, 15) is 4.79 Å². The third kappa shape index (κ3) is 4.72.